The molecule has 5 nitrogen and oxygen atoms in total. The van der Waals surface area contributed by atoms with Crippen LogP contribution in [0.3, 0.4) is 0 Å². The van der Waals surface area contributed by atoms with Gasteiger partial charge in [0.05, 0.1) is 4.47 Å². The van der Waals surface area contributed by atoms with Crippen molar-refractivity contribution in [2.45, 2.75) is 13.0 Å². The predicted octanol–water partition coefficient (Wildman–Crippen LogP) is 1.18. The molecule has 1 aliphatic rings. The van der Waals surface area contributed by atoms with Crippen molar-refractivity contribution in [1.82, 2.24) is 9.78 Å². The van der Waals surface area contributed by atoms with E-state index >= 15 is 0 Å². The maximum Gasteiger partial charge on any atom is 0.357 e. The molecular weight excluding hydrogens is 250 g/mol. The van der Waals surface area contributed by atoms with Crippen LogP contribution in [-0.2, 0) is 6.54 Å². The summed E-state index contributed by atoms with van der Waals surface area (Å²) < 4.78 is 2.31. The molecule has 2 rings (SSSR count). The van der Waals surface area contributed by atoms with E-state index in [1.165, 1.54) is 0 Å². The zero-order chi connectivity index (χ0) is 10.3. The number of aromatic carboxylic acids is 1. The summed E-state index contributed by atoms with van der Waals surface area (Å²) in [5.41, 5.74) is 0.0914. The molecule has 0 aromatic carbocycles. The number of anilines is 1. The van der Waals surface area contributed by atoms with Crippen LogP contribution >= 0.6 is 15.9 Å². The van der Waals surface area contributed by atoms with Crippen LogP contribution in [0.15, 0.2) is 4.47 Å². The minimum absolute atomic E-state index is 0.0914. The first-order valence-electron chi connectivity index (χ1n) is 4.32. The van der Waals surface area contributed by atoms with Gasteiger partial charge >= 0.3 is 5.97 Å². The summed E-state index contributed by atoms with van der Waals surface area (Å²) in [6.45, 7) is 1.72. The maximum atomic E-state index is 10.8. The van der Waals surface area contributed by atoms with Gasteiger partial charge in [-0.05, 0) is 22.4 Å². The molecule has 0 saturated heterocycles. The summed E-state index contributed by atoms with van der Waals surface area (Å²) in [4.78, 5) is 12.8. The molecule has 1 aromatic rings. The smallest absolute Gasteiger partial charge is 0.357 e. The van der Waals surface area contributed by atoms with Gasteiger partial charge in [-0.25, -0.2) is 9.48 Å². The number of carboxylic acids is 1. The molecule has 0 bridgehead atoms. The standard InChI is InChI=1S/C8H10BrN3O2/c1-11-3-2-4-12-7(11)5(9)6(10-12)8(13)14/h2-4H2,1H3,(H,13,14). The number of carboxylic acid groups (broad SMARTS) is 1. The minimum atomic E-state index is -0.993. The average molecular weight is 260 g/mol. The second-order valence-corrected chi connectivity index (χ2v) is 4.08. The Balaban J connectivity index is 2.55. The molecule has 0 aliphatic carbocycles. The summed E-state index contributed by atoms with van der Waals surface area (Å²) in [5.74, 6) is -0.138. The zero-order valence-electron chi connectivity index (χ0n) is 7.70. The fourth-order valence-corrected chi connectivity index (χ4v) is 2.41. The number of hydrogen-bond acceptors (Lipinski definition) is 3. The van der Waals surface area contributed by atoms with Crippen molar-refractivity contribution < 1.29 is 9.90 Å². The van der Waals surface area contributed by atoms with Gasteiger partial charge in [-0.2, -0.15) is 5.10 Å². The highest BCUT2D eigenvalue weighted by Crippen LogP contribution is 2.31. The normalized spacial score (nSPS) is 15.4. The lowest BCUT2D eigenvalue weighted by atomic mass is 10.3. The number of hydrogen-bond donors (Lipinski definition) is 1. The van der Waals surface area contributed by atoms with Crippen LogP contribution in [0.4, 0.5) is 5.82 Å². The Kier molecular flexibility index (Phi) is 2.22. The summed E-state index contributed by atoms with van der Waals surface area (Å²) in [5, 5.41) is 12.9. The monoisotopic (exact) mass is 259 g/mol. The molecule has 0 spiro atoms. The van der Waals surface area contributed by atoms with Crippen LogP contribution < -0.4 is 4.90 Å². The van der Waals surface area contributed by atoms with Crippen molar-refractivity contribution in [2.24, 2.45) is 0 Å². The van der Waals surface area contributed by atoms with Crippen LogP contribution in [-0.4, -0.2) is 34.4 Å². The Morgan fingerprint density at radius 2 is 2.29 bits per heavy atom. The highest BCUT2D eigenvalue weighted by molar-refractivity contribution is 9.10. The molecule has 2 heterocycles. The summed E-state index contributed by atoms with van der Waals surface area (Å²) in [7, 11) is 1.93. The Labute approximate surface area is 89.4 Å². The van der Waals surface area contributed by atoms with E-state index in [0.717, 1.165) is 25.3 Å². The highest BCUT2D eigenvalue weighted by atomic mass is 79.9. The van der Waals surface area contributed by atoms with E-state index in [-0.39, 0.29) is 5.69 Å². The Morgan fingerprint density at radius 1 is 1.57 bits per heavy atom. The molecule has 0 saturated carbocycles. The first kappa shape index (κ1) is 9.51. The lowest BCUT2D eigenvalue weighted by molar-refractivity contribution is 0.0688. The van der Waals surface area contributed by atoms with E-state index in [9.17, 15) is 4.79 Å². The fraction of sp³-hybridized carbons (Fsp3) is 0.500. The minimum Gasteiger partial charge on any atom is -0.476 e. The Bertz CT molecular complexity index is 388. The van der Waals surface area contributed by atoms with E-state index in [2.05, 4.69) is 21.0 Å². The van der Waals surface area contributed by atoms with Gasteiger partial charge in [0.2, 0.25) is 0 Å². The number of halogens is 1. The molecular formula is C8H10BrN3O2. The Morgan fingerprint density at radius 3 is 2.86 bits per heavy atom. The third kappa shape index (κ3) is 1.30. The van der Waals surface area contributed by atoms with Crippen molar-refractivity contribution in [3.8, 4) is 0 Å². The van der Waals surface area contributed by atoms with Gasteiger partial charge in [0.1, 0.15) is 5.82 Å². The van der Waals surface area contributed by atoms with Crippen LogP contribution in [0.5, 0.6) is 0 Å². The van der Waals surface area contributed by atoms with E-state index in [0.29, 0.717) is 4.47 Å². The Hall–Kier alpha value is -1.04. The summed E-state index contributed by atoms with van der Waals surface area (Å²) in [6, 6.07) is 0. The number of rotatable bonds is 1. The molecule has 0 atom stereocenters. The molecule has 1 N–H and O–H groups in total. The van der Waals surface area contributed by atoms with E-state index in [1.807, 2.05) is 11.9 Å². The van der Waals surface area contributed by atoms with Crippen molar-refractivity contribution in [3.05, 3.63) is 10.2 Å². The number of aromatic nitrogens is 2. The molecule has 0 unspecified atom stereocenters. The SMILES string of the molecule is CN1CCCn2nc(C(=O)O)c(Br)c21. The third-order valence-corrected chi connectivity index (χ3v) is 3.03. The average Bonchev–Trinajstić information content (AvgIpc) is 2.45. The summed E-state index contributed by atoms with van der Waals surface area (Å²) in [6.07, 6.45) is 0.997. The van der Waals surface area contributed by atoms with E-state index in [4.69, 9.17) is 5.11 Å². The highest BCUT2D eigenvalue weighted by Gasteiger charge is 2.25. The van der Waals surface area contributed by atoms with Crippen molar-refractivity contribution in [2.75, 3.05) is 18.5 Å². The van der Waals surface area contributed by atoms with Crippen molar-refractivity contribution in [3.63, 3.8) is 0 Å². The van der Waals surface area contributed by atoms with Gasteiger partial charge in [0.15, 0.2) is 5.69 Å². The van der Waals surface area contributed by atoms with E-state index in [1.54, 1.807) is 4.68 Å². The number of aryl methyl sites for hydroxylation is 1. The molecule has 6 heteroatoms. The largest absolute Gasteiger partial charge is 0.476 e. The molecule has 14 heavy (non-hydrogen) atoms. The van der Waals surface area contributed by atoms with Crippen LogP contribution in [0.25, 0.3) is 0 Å². The van der Waals surface area contributed by atoms with Crippen LogP contribution in [0.1, 0.15) is 16.9 Å². The van der Waals surface area contributed by atoms with Gasteiger partial charge in [-0.3, -0.25) is 0 Å². The molecule has 0 fully saturated rings. The van der Waals surface area contributed by atoms with Crippen LogP contribution in [0, 0.1) is 0 Å². The van der Waals surface area contributed by atoms with Gasteiger partial charge < -0.3 is 10.0 Å². The number of carbonyl (C=O) groups is 1. The van der Waals surface area contributed by atoms with Gasteiger partial charge in [-0.15, -0.1) is 0 Å². The fourth-order valence-electron chi connectivity index (χ4n) is 1.65. The van der Waals surface area contributed by atoms with Gasteiger partial charge in [-0.1, -0.05) is 0 Å². The second-order valence-electron chi connectivity index (χ2n) is 3.29. The first-order valence-corrected chi connectivity index (χ1v) is 5.11. The quantitative estimate of drug-likeness (QED) is 0.823. The van der Waals surface area contributed by atoms with Crippen molar-refractivity contribution in [1.29, 1.82) is 0 Å². The summed E-state index contributed by atoms with van der Waals surface area (Å²) >= 11 is 3.27. The van der Waals surface area contributed by atoms with Gasteiger partial charge in [0.25, 0.3) is 0 Å². The molecule has 0 amide bonds. The van der Waals surface area contributed by atoms with Gasteiger partial charge in [0, 0.05) is 20.1 Å². The molecule has 76 valence electrons. The second kappa shape index (κ2) is 3.27. The number of nitrogens with zero attached hydrogens (tertiary/aromatic N) is 3. The molecule has 1 aromatic heterocycles. The topological polar surface area (TPSA) is 58.4 Å². The van der Waals surface area contributed by atoms with Crippen LogP contribution in [0.2, 0.25) is 0 Å². The first-order chi connectivity index (χ1) is 6.61. The number of fused-ring (bicyclic) bond motifs is 1. The van der Waals surface area contributed by atoms with E-state index < -0.39 is 5.97 Å². The zero-order valence-corrected chi connectivity index (χ0v) is 9.28. The molecule has 1 aliphatic heterocycles. The molecule has 0 radical (unpaired) electrons. The lowest BCUT2D eigenvalue weighted by Gasteiger charge is -2.25. The third-order valence-electron chi connectivity index (χ3n) is 2.30. The van der Waals surface area contributed by atoms with Crippen molar-refractivity contribution >= 4 is 27.7 Å². The predicted molar refractivity (Wildman–Crippen MR) is 54.8 cm³/mol. The maximum absolute atomic E-state index is 10.8. The lowest BCUT2D eigenvalue weighted by Crippen LogP contribution is -2.28.